The Labute approximate surface area is 146 Å². The molecule has 0 unspecified atom stereocenters. The van der Waals surface area contributed by atoms with Crippen molar-refractivity contribution in [3.63, 3.8) is 0 Å². The monoisotopic (exact) mass is 336 g/mol. The van der Waals surface area contributed by atoms with Crippen LogP contribution in [0, 0.1) is 0 Å². The topological polar surface area (TPSA) is 58.6 Å². The number of nitrogens with one attached hydrogen (secondary N) is 1. The van der Waals surface area contributed by atoms with Gasteiger partial charge in [-0.3, -0.25) is 9.69 Å². The average Bonchev–Trinajstić information content (AvgIpc) is 3.34. The summed E-state index contributed by atoms with van der Waals surface area (Å²) in [5.41, 5.74) is 2.73. The van der Waals surface area contributed by atoms with E-state index in [9.17, 15) is 9.59 Å². The Bertz CT molecular complexity index is 782. The van der Waals surface area contributed by atoms with Gasteiger partial charge in [0.1, 0.15) is 6.61 Å². The zero-order chi connectivity index (χ0) is 17.3. The highest BCUT2D eigenvalue weighted by atomic mass is 16.6. The van der Waals surface area contributed by atoms with Crippen LogP contribution in [0.15, 0.2) is 54.6 Å². The summed E-state index contributed by atoms with van der Waals surface area (Å²) < 4.78 is 4.93. The summed E-state index contributed by atoms with van der Waals surface area (Å²) in [6, 6.07) is 17.4. The highest BCUT2D eigenvalue weighted by Gasteiger charge is 2.44. The van der Waals surface area contributed by atoms with Crippen LogP contribution in [-0.2, 0) is 10.2 Å². The fourth-order valence-electron chi connectivity index (χ4n) is 3.28. The van der Waals surface area contributed by atoms with Crippen LogP contribution < -0.4 is 10.2 Å². The molecule has 1 saturated carbocycles. The zero-order valence-electron chi connectivity index (χ0n) is 13.9. The predicted molar refractivity (Wildman–Crippen MR) is 94.8 cm³/mol. The smallest absolute Gasteiger partial charge is 0.414 e. The molecule has 5 nitrogen and oxygen atoms in total. The first kappa shape index (κ1) is 15.7. The van der Waals surface area contributed by atoms with Crippen molar-refractivity contribution in [2.75, 3.05) is 24.6 Å². The first-order valence-corrected chi connectivity index (χ1v) is 8.56. The predicted octanol–water partition coefficient (Wildman–Crippen LogP) is 3.10. The van der Waals surface area contributed by atoms with E-state index in [0.717, 1.165) is 18.5 Å². The van der Waals surface area contributed by atoms with Gasteiger partial charge < -0.3 is 10.1 Å². The summed E-state index contributed by atoms with van der Waals surface area (Å²) in [5, 5.41) is 3.05. The molecule has 5 heteroatoms. The van der Waals surface area contributed by atoms with Crippen molar-refractivity contribution in [1.82, 2.24) is 5.32 Å². The lowest BCUT2D eigenvalue weighted by molar-refractivity contribution is 0.0949. The van der Waals surface area contributed by atoms with Gasteiger partial charge in [-0.15, -0.1) is 0 Å². The lowest BCUT2D eigenvalue weighted by atomic mass is 9.96. The first-order chi connectivity index (χ1) is 12.2. The van der Waals surface area contributed by atoms with E-state index in [4.69, 9.17) is 4.74 Å². The second-order valence-electron chi connectivity index (χ2n) is 6.64. The zero-order valence-corrected chi connectivity index (χ0v) is 13.9. The van der Waals surface area contributed by atoms with E-state index >= 15 is 0 Å². The third-order valence-electron chi connectivity index (χ3n) is 5.03. The van der Waals surface area contributed by atoms with Gasteiger partial charge >= 0.3 is 6.09 Å². The minimum absolute atomic E-state index is 0.0854. The molecule has 0 radical (unpaired) electrons. The largest absolute Gasteiger partial charge is 0.447 e. The second-order valence-corrected chi connectivity index (χ2v) is 6.64. The molecule has 0 spiro atoms. The Balaban J connectivity index is 1.39. The number of ether oxygens (including phenoxy) is 1. The highest BCUT2D eigenvalue weighted by Crippen LogP contribution is 2.47. The Morgan fingerprint density at radius 1 is 1.08 bits per heavy atom. The number of carbonyl (C=O) groups is 2. The van der Waals surface area contributed by atoms with Crippen molar-refractivity contribution < 1.29 is 14.3 Å². The van der Waals surface area contributed by atoms with Crippen molar-refractivity contribution in [2.45, 2.75) is 18.3 Å². The molecule has 1 aliphatic carbocycles. The van der Waals surface area contributed by atoms with E-state index in [1.54, 1.807) is 29.2 Å². The van der Waals surface area contributed by atoms with Crippen molar-refractivity contribution >= 4 is 17.7 Å². The summed E-state index contributed by atoms with van der Waals surface area (Å²) in [7, 11) is 0. The standard InChI is InChI=1S/C20H20N2O3/c23-18(21-14-20(10-11-20)16-4-2-1-3-5-16)15-6-8-17(9-7-15)22-12-13-25-19(22)24/h1-9H,10-14H2,(H,21,23). The Morgan fingerprint density at radius 2 is 1.80 bits per heavy atom. The number of hydrogen-bond donors (Lipinski definition) is 1. The van der Waals surface area contributed by atoms with Gasteiger partial charge in [-0.25, -0.2) is 4.79 Å². The van der Waals surface area contributed by atoms with Gasteiger partial charge in [0.25, 0.3) is 5.91 Å². The van der Waals surface area contributed by atoms with Crippen LogP contribution in [0.5, 0.6) is 0 Å². The van der Waals surface area contributed by atoms with Gasteiger partial charge in [0.15, 0.2) is 0 Å². The number of hydrogen-bond acceptors (Lipinski definition) is 3. The van der Waals surface area contributed by atoms with Crippen LogP contribution in [-0.4, -0.2) is 31.7 Å². The first-order valence-electron chi connectivity index (χ1n) is 8.56. The Hall–Kier alpha value is -2.82. The molecule has 0 atom stereocenters. The number of rotatable bonds is 5. The van der Waals surface area contributed by atoms with E-state index in [1.807, 2.05) is 18.2 Å². The summed E-state index contributed by atoms with van der Waals surface area (Å²) in [6.07, 6.45) is 1.87. The fourth-order valence-corrected chi connectivity index (χ4v) is 3.28. The summed E-state index contributed by atoms with van der Waals surface area (Å²) in [6.45, 7) is 1.60. The Kier molecular flexibility index (Phi) is 3.92. The molecule has 0 aromatic heterocycles. The maximum absolute atomic E-state index is 12.4. The second kappa shape index (κ2) is 6.24. The van der Waals surface area contributed by atoms with Crippen molar-refractivity contribution in [2.24, 2.45) is 0 Å². The number of benzene rings is 2. The van der Waals surface area contributed by atoms with Crippen LogP contribution in [0.4, 0.5) is 10.5 Å². The molecular weight excluding hydrogens is 316 g/mol. The molecule has 0 bridgehead atoms. The molecule has 1 aliphatic heterocycles. The maximum Gasteiger partial charge on any atom is 0.414 e. The van der Waals surface area contributed by atoms with E-state index < -0.39 is 0 Å². The van der Waals surface area contributed by atoms with Crippen LogP contribution in [0.25, 0.3) is 0 Å². The van der Waals surface area contributed by atoms with Gasteiger partial charge in [0, 0.05) is 23.2 Å². The number of amides is 2. The van der Waals surface area contributed by atoms with Crippen LogP contribution in [0.1, 0.15) is 28.8 Å². The molecule has 128 valence electrons. The van der Waals surface area contributed by atoms with Crippen LogP contribution in [0.2, 0.25) is 0 Å². The maximum atomic E-state index is 12.4. The van der Waals surface area contributed by atoms with Crippen molar-refractivity contribution in [3.8, 4) is 0 Å². The van der Waals surface area contributed by atoms with Gasteiger partial charge in [0.05, 0.1) is 6.54 Å². The average molecular weight is 336 g/mol. The SMILES string of the molecule is O=C(NCC1(c2ccccc2)CC1)c1ccc(N2CCOC2=O)cc1. The lowest BCUT2D eigenvalue weighted by Crippen LogP contribution is -2.32. The molecule has 1 N–H and O–H groups in total. The molecule has 4 rings (SSSR count). The van der Waals surface area contributed by atoms with E-state index in [2.05, 4.69) is 17.4 Å². The van der Waals surface area contributed by atoms with Crippen molar-refractivity contribution in [3.05, 3.63) is 65.7 Å². The van der Waals surface area contributed by atoms with E-state index in [-0.39, 0.29) is 17.4 Å². The molecule has 1 saturated heterocycles. The number of nitrogens with zero attached hydrogens (tertiary/aromatic N) is 1. The minimum atomic E-state index is -0.337. The normalized spacial score (nSPS) is 17.9. The van der Waals surface area contributed by atoms with E-state index in [0.29, 0.717) is 25.3 Å². The van der Waals surface area contributed by atoms with Gasteiger partial charge in [-0.05, 0) is 42.7 Å². The van der Waals surface area contributed by atoms with Crippen LogP contribution >= 0.6 is 0 Å². The summed E-state index contributed by atoms with van der Waals surface area (Å²) in [5.74, 6) is -0.0854. The third-order valence-corrected chi connectivity index (χ3v) is 5.03. The van der Waals surface area contributed by atoms with Gasteiger partial charge in [0.2, 0.25) is 0 Å². The van der Waals surface area contributed by atoms with Gasteiger partial charge in [-0.2, -0.15) is 0 Å². The lowest BCUT2D eigenvalue weighted by Gasteiger charge is -2.17. The molecule has 2 amide bonds. The molecule has 2 aromatic carbocycles. The molecular formula is C20H20N2O3. The quantitative estimate of drug-likeness (QED) is 0.913. The number of carbonyl (C=O) groups excluding carboxylic acids is 2. The molecule has 25 heavy (non-hydrogen) atoms. The Morgan fingerprint density at radius 3 is 2.40 bits per heavy atom. The van der Waals surface area contributed by atoms with Crippen molar-refractivity contribution in [1.29, 1.82) is 0 Å². The third kappa shape index (κ3) is 3.09. The molecule has 1 heterocycles. The van der Waals surface area contributed by atoms with Crippen LogP contribution in [0.3, 0.4) is 0 Å². The minimum Gasteiger partial charge on any atom is -0.447 e. The number of anilines is 1. The highest BCUT2D eigenvalue weighted by molar-refractivity contribution is 5.95. The van der Waals surface area contributed by atoms with Gasteiger partial charge in [-0.1, -0.05) is 30.3 Å². The molecule has 2 fully saturated rings. The summed E-state index contributed by atoms with van der Waals surface area (Å²) >= 11 is 0. The fraction of sp³-hybridized carbons (Fsp3) is 0.300. The van der Waals surface area contributed by atoms with E-state index in [1.165, 1.54) is 5.56 Å². The molecule has 2 aromatic rings. The summed E-state index contributed by atoms with van der Waals surface area (Å²) in [4.78, 5) is 25.6. The molecule has 2 aliphatic rings. The number of cyclic esters (lactones) is 1.